The van der Waals surface area contributed by atoms with Gasteiger partial charge in [-0.25, -0.2) is 14.6 Å². The molecule has 27 heavy (non-hydrogen) atoms. The Morgan fingerprint density at radius 2 is 2.00 bits per heavy atom. The van der Waals surface area contributed by atoms with Gasteiger partial charge in [-0.05, 0) is 35.9 Å². The highest BCUT2D eigenvalue weighted by Gasteiger charge is 2.34. The Morgan fingerprint density at radius 3 is 2.74 bits per heavy atom. The molecule has 0 saturated carbocycles. The van der Waals surface area contributed by atoms with Crippen molar-refractivity contribution in [3.05, 3.63) is 59.9 Å². The van der Waals surface area contributed by atoms with Crippen LogP contribution in [0.15, 0.2) is 48.5 Å². The number of halogens is 1. The predicted molar refractivity (Wildman–Crippen MR) is 99.6 cm³/mol. The first kappa shape index (κ1) is 17.4. The molecule has 2 aromatic carbocycles. The molecule has 0 bridgehead atoms. The summed E-state index contributed by atoms with van der Waals surface area (Å²) in [6.07, 6.45) is 0. The molecule has 2 heterocycles. The molecule has 0 aromatic heterocycles. The number of hydrazine groups is 1. The largest absolute Gasteiger partial charge is 0.336 e. The van der Waals surface area contributed by atoms with E-state index in [1.165, 1.54) is 12.1 Å². The molecule has 7 nitrogen and oxygen atoms in total. The lowest BCUT2D eigenvalue weighted by Gasteiger charge is -2.19. The minimum atomic E-state index is -0.353. The average Bonchev–Trinajstić information content (AvgIpc) is 3.31. The van der Waals surface area contributed by atoms with Crippen molar-refractivity contribution in [1.82, 2.24) is 16.2 Å². The Morgan fingerprint density at radius 1 is 1.19 bits per heavy atom. The highest BCUT2D eigenvalue weighted by molar-refractivity contribution is 5.97. The van der Waals surface area contributed by atoms with E-state index in [4.69, 9.17) is 0 Å². The van der Waals surface area contributed by atoms with Crippen molar-refractivity contribution in [3.8, 4) is 0 Å². The summed E-state index contributed by atoms with van der Waals surface area (Å²) in [6.45, 7) is 1.66. The molecule has 0 spiro atoms. The van der Waals surface area contributed by atoms with E-state index in [0.717, 1.165) is 11.3 Å². The molecular weight excluding hydrogens is 349 g/mol. The van der Waals surface area contributed by atoms with Crippen molar-refractivity contribution in [2.45, 2.75) is 6.04 Å². The van der Waals surface area contributed by atoms with E-state index < -0.39 is 0 Å². The first-order valence-corrected chi connectivity index (χ1v) is 8.82. The Kier molecular flexibility index (Phi) is 4.74. The number of nitrogens with one attached hydrogen (secondary N) is 4. The highest BCUT2D eigenvalue weighted by Crippen LogP contribution is 2.27. The van der Waals surface area contributed by atoms with Crippen LogP contribution in [0.3, 0.4) is 0 Å². The van der Waals surface area contributed by atoms with Crippen molar-refractivity contribution in [3.63, 3.8) is 0 Å². The van der Waals surface area contributed by atoms with Gasteiger partial charge in [0.1, 0.15) is 5.82 Å². The van der Waals surface area contributed by atoms with Crippen LogP contribution in [0.25, 0.3) is 0 Å². The quantitative estimate of drug-likeness (QED) is 0.662. The van der Waals surface area contributed by atoms with Crippen LogP contribution < -0.4 is 26.4 Å². The predicted octanol–water partition coefficient (Wildman–Crippen LogP) is 1.76. The van der Waals surface area contributed by atoms with Gasteiger partial charge in [-0.15, -0.1) is 0 Å². The summed E-state index contributed by atoms with van der Waals surface area (Å²) in [7, 11) is 0. The van der Waals surface area contributed by atoms with Gasteiger partial charge in [0.25, 0.3) is 0 Å². The standard InChI is InChI=1S/C19H20FN5O2/c20-13-6-4-12(5-7-13)17-16(11-22-24-17)18(26)23-14-2-1-3-15(10-14)25-9-8-21-19(25)27/h1-7,10,16-17,22,24H,8-9,11H2,(H,21,27)(H,23,26). The summed E-state index contributed by atoms with van der Waals surface area (Å²) < 4.78 is 13.2. The van der Waals surface area contributed by atoms with Gasteiger partial charge in [0.2, 0.25) is 5.91 Å². The zero-order valence-electron chi connectivity index (χ0n) is 14.5. The molecule has 2 aromatic rings. The number of hydrogen-bond donors (Lipinski definition) is 4. The molecule has 8 heteroatoms. The zero-order valence-corrected chi connectivity index (χ0v) is 14.5. The molecule has 2 aliphatic rings. The lowest BCUT2D eigenvalue weighted by atomic mass is 9.94. The van der Waals surface area contributed by atoms with Crippen LogP contribution in [0.4, 0.5) is 20.6 Å². The van der Waals surface area contributed by atoms with E-state index in [2.05, 4.69) is 21.5 Å². The summed E-state index contributed by atoms with van der Waals surface area (Å²) in [4.78, 5) is 26.3. The maximum Gasteiger partial charge on any atom is 0.321 e. The summed E-state index contributed by atoms with van der Waals surface area (Å²) in [5.41, 5.74) is 8.28. The second kappa shape index (κ2) is 7.34. The maximum absolute atomic E-state index is 13.2. The van der Waals surface area contributed by atoms with Gasteiger partial charge in [-0.3, -0.25) is 15.1 Å². The molecule has 2 atom stereocenters. The molecule has 2 fully saturated rings. The second-order valence-corrected chi connectivity index (χ2v) is 6.58. The van der Waals surface area contributed by atoms with Crippen LogP contribution in [-0.2, 0) is 4.79 Å². The molecule has 140 valence electrons. The molecule has 0 aliphatic carbocycles. The number of hydrogen-bond acceptors (Lipinski definition) is 4. The van der Waals surface area contributed by atoms with Crippen LogP contribution in [0.2, 0.25) is 0 Å². The molecule has 2 unspecified atom stereocenters. The first-order chi connectivity index (χ1) is 13.1. The first-order valence-electron chi connectivity index (χ1n) is 8.82. The number of nitrogens with zero attached hydrogens (tertiary/aromatic N) is 1. The van der Waals surface area contributed by atoms with E-state index in [-0.39, 0.29) is 29.7 Å². The van der Waals surface area contributed by atoms with Crippen LogP contribution in [0, 0.1) is 11.7 Å². The summed E-state index contributed by atoms with van der Waals surface area (Å²) >= 11 is 0. The molecule has 3 amide bonds. The maximum atomic E-state index is 13.2. The summed E-state index contributed by atoms with van der Waals surface area (Å²) in [5, 5.41) is 5.68. The normalized spacial score (nSPS) is 22.0. The molecule has 2 saturated heterocycles. The number of rotatable bonds is 4. The molecule has 2 aliphatic heterocycles. The van der Waals surface area contributed by atoms with Crippen molar-refractivity contribution in [1.29, 1.82) is 0 Å². The van der Waals surface area contributed by atoms with Gasteiger partial charge in [0.05, 0.1) is 12.0 Å². The van der Waals surface area contributed by atoms with Crippen molar-refractivity contribution in [2.75, 3.05) is 29.9 Å². The van der Waals surface area contributed by atoms with E-state index in [1.807, 2.05) is 6.07 Å². The monoisotopic (exact) mass is 369 g/mol. The van der Waals surface area contributed by atoms with Crippen LogP contribution in [0.1, 0.15) is 11.6 Å². The Hall–Kier alpha value is -2.97. The van der Waals surface area contributed by atoms with E-state index in [1.54, 1.807) is 35.2 Å². The van der Waals surface area contributed by atoms with Gasteiger partial charge < -0.3 is 10.6 Å². The number of amides is 3. The van der Waals surface area contributed by atoms with Gasteiger partial charge >= 0.3 is 6.03 Å². The second-order valence-electron chi connectivity index (χ2n) is 6.58. The third kappa shape index (κ3) is 3.62. The number of urea groups is 1. The minimum absolute atomic E-state index is 0.140. The van der Waals surface area contributed by atoms with Crippen molar-refractivity contribution < 1.29 is 14.0 Å². The lowest BCUT2D eigenvalue weighted by molar-refractivity contribution is -0.119. The third-order valence-electron chi connectivity index (χ3n) is 4.83. The van der Waals surface area contributed by atoms with Gasteiger partial charge in [0.15, 0.2) is 0 Å². The Balaban J connectivity index is 1.48. The van der Waals surface area contributed by atoms with Crippen LogP contribution in [-0.4, -0.2) is 31.6 Å². The van der Waals surface area contributed by atoms with Crippen molar-refractivity contribution >= 4 is 23.3 Å². The average molecular weight is 369 g/mol. The fraction of sp³-hybridized carbons (Fsp3) is 0.263. The van der Waals surface area contributed by atoms with Crippen LogP contribution >= 0.6 is 0 Å². The minimum Gasteiger partial charge on any atom is -0.336 e. The number of benzene rings is 2. The fourth-order valence-corrected chi connectivity index (χ4v) is 3.43. The van der Waals surface area contributed by atoms with Crippen molar-refractivity contribution in [2.24, 2.45) is 5.92 Å². The van der Waals surface area contributed by atoms with Gasteiger partial charge in [0, 0.05) is 31.0 Å². The topological polar surface area (TPSA) is 85.5 Å². The number of carbonyl (C=O) groups excluding carboxylic acids is 2. The third-order valence-corrected chi connectivity index (χ3v) is 4.83. The SMILES string of the molecule is O=C(Nc1cccc(N2CCNC2=O)c1)C1CNNC1c1ccc(F)cc1. The lowest BCUT2D eigenvalue weighted by Crippen LogP contribution is -2.30. The molecule has 4 rings (SSSR count). The highest BCUT2D eigenvalue weighted by atomic mass is 19.1. The molecule has 0 radical (unpaired) electrons. The summed E-state index contributed by atoms with van der Waals surface area (Å²) in [6, 6.07) is 12.9. The Labute approximate surface area is 155 Å². The number of anilines is 2. The molecular formula is C19H20FN5O2. The Bertz CT molecular complexity index is 857. The molecule has 4 N–H and O–H groups in total. The van der Waals surface area contributed by atoms with Gasteiger partial charge in [-0.1, -0.05) is 18.2 Å². The van der Waals surface area contributed by atoms with E-state index in [9.17, 15) is 14.0 Å². The van der Waals surface area contributed by atoms with Gasteiger partial charge in [-0.2, -0.15) is 0 Å². The van der Waals surface area contributed by atoms with Crippen LogP contribution in [0.5, 0.6) is 0 Å². The fourth-order valence-electron chi connectivity index (χ4n) is 3.43. The van der Waals surface area contributed by atoms with E-state index >= 15 is 0 Å². The summed E-state index contributed by atoms with van der Waals surface area (Å²) in [5.74, 6) is -0.812. The number of carbonyl (C=O) groups is 2. The van der Waals surface area contributed by atoms with E-state index in [0.29, 0.717) is 25.3 Å². The zero-order chi connectivity index (χ0) is 18.8. The smallest absolute Gasteiger partial charge is 0.321 e.